The molecule has 0 atom stereocenters. The molecule has 6 nitrogen and oxygen atoms in total. The third-order valence-electron chi connectivity index (χ3n) is 4.82. The molecule has 0 aromatic heterocycles. The van der Waals surface area contributed by atoms with Gasteiger partial charge >= 0.3 is 6.03 Å². The average molecular weight is 389 g/mol. The smallest absolute Gasteiger partial charge is 0.315 e. The molecule has 0 unspecified atom stereocenters. The van der Waals surface area contributed by atoms with E-state index in [1.807, 2.05) is 45.0 Å². The number of anilines is 1. The van der Waals surface area contributed by atoms with Crippen LogP contribution in [0.3, 0.4) is 0 Å². The van der Waals surface area contributed by atoms with Gasteiger partial charge in [0.1, 0.15) is 0 Å². The summed E-state index contributed by atoms with van der Waals surface area (Å²) in [6.07, 6.45) is 2.70. The van der Waals surface area contributed by atoms with Crippen LogP contribution in [0.4, 0.5) is 10.5 Å². The molecule has 0 aliphatic carbocycles. The second-order valence-corrected chi connectivity index (χ2v) is 9.07. The van der Waals surface area contributed by atoms with E-state index in [1.165, 1.54) is 0 Å². The van der Waals surface area contributed by atoms with Crippen molar-refractivity contribution in [2.75, 3.05) is 24.5 Å². The second-order valence-electron chi connectivity index (χ2n) is 9.07. The number of para-hydroxylation sites is 1. The van der Waals surface area contributed by atoms with Crippen LogP contribution >= 0.6 is 0 Å². The zero-order chi connectivity index (χ0) is 20.7. The Kier molecular flexibility index (Phi) is 7.72. The third-order valence-corrected chi connectivity index (χ3v) is 4.82. The minimum Gasteiger partial charge on any atom is -0.371 e. The molecular formula is C22H36N4O2. The topological polar surface area (TPSA) is 73.5 Å². The molecule has 3 N–H and O–H groups in total. The zero-order valence-electron chi connectivity index (χ0n) is 18.0. The van der Waals surface area contributed by atoms with Crippen molar-refractivity contribution in [3.63, 3.8) is 0 Å². The number of carbonyl (C=O) groups is 2. The molecule has 1 heterocycles. The van der Waals surface area contributed by atoms with Gasteiger partial charge in [0.2, 0.25) is 0 Å². The number of nitrogens with one attached hydrogen (secondary N) is 3. The molecule has 3 amide bonds. The molecule has 2 rings (SSSR count). The number of urea groups is 1. The van der Waals surface area contributed by atoms with Crippen LogP contribution in [0.5, 0.6) is 0 Å². The van der Waals surface area contributed by atoms with Gasteiger partial charge in [-0.1, -0.05) is 26.0 Å². The zero-order valence-corrected chi connectivity index (χ0v) is 18.0. The first-order chi connectivity index (χ1) is 13.2. The molecule has 1 aromatic carbocycles. The Bertz CT molecular complexity index is 659. The fraction of sp³-hybridized carbons (Fsp3) is 0.636. The van der Waals surface area contributed by atoms with Crippen LogP contribution in [0.2, 0.25) is 0 Å². The largest absolute Gasteiger partial charge is 0.371 e. The van der Waals surface area contributed by atoms with Crippen molar-refractivity contribution in [1.82, 2.24) is 16.0 Å². The molecule has 1 fully saturated rings. The van der Waals surface area contributed by atoms with Gasteiger partial charge in [0.15, 0.2) is 0 Å². The van der Waals surface area contributed by atoms with Crippen LogP contribution in [-0.2, 0) is 0 Å². The van der Waals surface area contributed by atoms with Gasteiger partial charge in [-0.25, -0.2) is 4.79 Å². The fourth-order valence-corrected chi connectivity index (χ4v) is 3.34. The van der Waals surface area contributed by atoms with Crippen molar-refractivity contribution in [2.24, 2.45) is 5.92 Å². The molecule has 0 spiro atoms. The summed E-state index contributed by atoms with van der Waals surface area (Å²) < 4.78 is 0. The quantitative estimate of drug-likeness (QED) is 0.698. The van der Waals surface area contributed by atoms with Crippen LogP contribution in [0, 0.1) is 5.92 Å². The monoisotopic (exact) mass is 388 g/mol. The van der Waals surface area contributed by atoms with Gasteiger partial charge < -0.3 is 20.9 Å². The molecule has 156 valence electrons. The number of hydrogen-bond donors (Lipinski definition) is 3. The third kappa shape index (κ3) is 7.06. The highest BCUT2D eigenvalue weighted by atomic mass is 16.2. The van der Waals surface area contributed by atoms with Gasteiger partial charge in [0, 0.05) is 36.9 Å². The van der Waals surface area contributed by atoms with Crippen LogP contribution in [-0.4, -0.2) is 43.2 Å². The summed E-state index contributed by atoms with van der Waals surface area (Å²) in [6, 6.07) is 7.83. The van der Waals surface area contributed by atoms with Gasteiger partial charge in [-0.2, -0.15) is 0 Å². The summed E-state index contributed by atoms with van der Waals surface area (Å²) in [5.74, 6) is 0.554. The molecule has 0 radical (unpaired) electrons. The second kappa shape index (κ2) is 9.80. The highest BCUT2D eigenvalue weighted by molar-refractivity contribution is 5.99. The van der Waals surface area contributed by atoms with Crippen LogP contribution in [0.1, 0.15) is 64.2 Å². The Labute approximate surface area is 169 Å². The number of hydrogen-bond acceptors (Lipinski definition) is 3. The Balaban J connectivity index is 1.92. The maximum absolute atomic E-state index is 12.6. The van der Waals surface area contributed by atoms with Crippen LogP contribution in [0.25, 0.3) is 0 Å². The first-order valence-electron chi connectivity index (χ1n) is 10.4. The summed E-state index contributed by atoms with van der Waals surface area (Å²) in [4.78, 5) is 27.0. The lowest BCUT2D eigenvalue weighted by molar-refractivity contribution is 0.0952. The molecule has 1 aliphatic heterocycles. The average Bonchev–Trinajstić information content (AvgIpc) is 2.60. The van der Waals surface area contributed by atoms with Crippen molar-refractivity contribution in [2.45, 2.75) is 65.5 Å². The van der Waals surface area contributed by atoms with E-state index < -0.39 is 0 Å². The summed E-state index contributed by atoms with van der Waals surface area (Å²) >= 11 is 0. The minimum absolute atomic E-state index is 0.0129. The summed E-state index contributed by atoms with van der Waals surface area (Å²) in [5, 5.41) is 9.05. The van der Waals surface area contributed by atoms with Crippen molar-refractivity contribution < 1.29 is 9.59 Å². The van der Waals surface area contributed by atoms with Gasteiger partial charge in [0.05, 0.1) is 5.56 Å². The molecule has 6 heteroatoms. The van der Waals surface area contributed by atoms with E-state index in [0.717, 1.165) is 43.6 Å². The van der Waals surface area contributed by atoms with Crippen molar-refractivity contribution in [1.29, 1.82) is 0 Å². The van der Waals surface area contributed by atoms with E-state index in [9.17, 15) is 9.59 Å². The highest BCUT2D eigenvalue weighted by Gasteiger charge is 2.24. The van der Waals surface area contributed by atoms with Gasteiger partial charge in [-0.05, 0) is 58.1 Å². The molecule has 1 saturated heterocycles. The number of piperidine rings is 1. The predicted molar refractivity (Wildman–Crippen MR) is 115 cm³/mol. The van der Waals surface area contributed by atoms with Gasteiger partial charge in [-0.15, -0.1) is 0 Å². The van der Waals surface area contributed by atoms with Crippen LogP contribution in [0.15, 0.2) is 24.3 Å². The van der Waals surface area contributed by atoms with E-state index in [0.29, 0.717) is 12.5 Å². The fourth-order valence-electron chi connectivity index (χ4n) is 3.34. The summed E-state index contributed by atoms with van der Waals surface area (Å²) in [5.41, 5.74) is 1.46. The number of benzene rings is 1. The van der Waals surface area contributed by atoms with E-state index in [-0.39, 0.29) is 23.5 Å². The maximum atomic E-state index is 12.6. The Morgan fingerprint density at radius 3 is 2.39 bits per heavy atom. The molecule has 0 bridgehead atoms. The Hall–Kier alpha value is -2.24. The first-order valence-corrected chi connectivity index (χ1v) is 10.4. The minimum atomic E-state index is -0.243. The number of rotatable bonds is 6. The summed E-state index contributed by atoms with van der Waals surface area (Å²) in [7, 11) is 0. The Morgan fingerprint density at radius 1 is 1.14 bits per heavy atom. The molecule has 28 heavy (non-hydrogen) atoms. The predicted octanol–water partition coefficient (Wildman–Crippen LogP) is 3.53. The SMILES string of the molecule is CC(C)CCNC(=O)c1ccccc1N1CCC(NC(=O)NC(C)(C)C)CC1. The standard InChI is InChI=1S/C22H36N4O2/c1-16(2)10-13-23-20(27)18-8-6-7-9-19(18)26-14-11-17(12-15-26)24-21(28)25-22(3,4)5/h6-9,16-17H,10-15H2,1-5H3,(H,23,27)(H2,24,25,28). The van der Waals surface area contributed by atoms with Crippen molar-refractivity contribution in [3.05, 3.63) is 29.8 Å². The van der Waals surface area contributed by atoms with E-state index in [4.69, 9.17) is 0 Å². The molecule has 1 aliphatic rings. The van der Waals surface area contributed by atoms with Crippen molar-refractivity contribution >= 4 is 17.6 Å². The highest BCUT2D eigenvalue weighted by Crippen LogP contribution is 2.24. The Morgan fingerprint density at radius 2 is 1.79 bits per heavy atom. The first kappa shape index (κ1) is 22.1. The van der Waals surface area contributed by atoms with Gasteiger partial charge in [-0.3, -0.25) is 4.79 Å². The normalized spacial score (nSPS) is 15.4. The van der Waals surface area contributed by atoms with Gasteiger partial charge in [0.25, 0.3) is 5.91 Å². The van der Waals surface area contributed by atoms with Crippen molar-refractivity contribution in [3.8, 4) is 0 Å². The number of carbonyl (C=O) groups excluding carboxylic acids is 2. The molecule has 0 saturated carbocycles. The lowest BCUT2D eigenvalue weighted by Gasteiger charge is -2.35. The lowest BCUT2D eigenvalue weighted by Crippen LogP contribution is -2.52. The van der Waals surface area contributed by atoms with E-state index >= 15 is 0 Å². The maximum Gasteiger partial charge on any atom is 0.315 e. The number of amides is 3. The van der Waals surface area contributed by atoms with E-state index in [2.05, 4.69) is 34.7 Å². The summed E-state index contributed by atoms with van der Waals surface area (Å²) in [6.45, 7) is 12.5. The number of nitrogens with zero attached hydrogens (tertiary/aromatic N) is 1. The lowest BCUT2D eigenvalue weighted by atomic mass is 10.0. The van der Waals surface area contributed by atoms with Crippen LogP contribution < -0.4 is 20.9 Å². The molecule has 1 aromatic rings. The molecular weight excluding hydrogens is 352 g/mol. The van der Waals surface area contributed by atoms with E-state index in [1.54, 1.807) is 0 Å².